The predicted octanol–water partition coefficient (Wildman–Crippen LogP) is 6.16. The van der Waals surface area contributed by atoms with Crippen molar-refractivity contribution in [2.45, 2.75) is 53.4 Å². The number of ketones is 1. The molecule has 0 spiro atoms. The zero-order chi connectivity index (χ0) is 30.9. The molecule has 2 aliphatic heterocycles. The number of unbranched alkanes of at least 4 members (excludes halogenated alkanes) is 2. The molecule has 0 amide bonds. The highest BCUT2D eigenvalue weighted by molar-refractivity contribution is 5.95. The van der Waals surface area contributed by atoms with E-state index in [2.05, 4.69) is 44.1 Å². The van der Waals surface area contributed by atoms with Crippen LogP contribution in [0.2, 0.25) is 0 Å². The van der Waals surface area contributed by atoms with Crippen LogP contribution >= 0.6 is 0 Å². The number of nitrogens with one attached hydrogen (secondary N) is 1. The molecule has 10 nitrogen and oxygen atoms in total. The monoisotopic (exact) mass is 593 g/mol. The van der Waals surface area contributed by atoms with Gasteiger partial charge in [-0.3, -0.25) is 9.80 Å². The number of Topliss-reactive ketones (excluding diaryl/α,β-unsaturated/α-hetero) is 1. The van der Waals surface area contributed by atoms with E-state index < -0.39 is 0 Å². The van der Waals surface area contributed by atoms with Crippen LogP contribution in [0.15, 0.2) is 59.8 Å². The van der Waals surface area contributed by atoms with Crippen LogP contribution in [-0.2, 0) is 4.79 Å². The number of fused-ring (bicyclic) bond motifs is 2. The lowest BCUT2D eigenvalue weighted by Crippen LogP contribution is -2.30. The first-order chi connectivity index (χ1) is 21.4. The first-order valence-corrected chi connectivity index (χ1v) is 15.1. The Morgan fingerprint density at radius 3 is 2.91 bits per heavy atom. The molecule has 2 aliphatic rings. The summed E-state index contributed by atoms with van der Waals surface area (Å²) >= 11 is 0. The van der Waals surface area contributed by atoms with E-state index >= 15 is 0 Å². The number of pyridine rings is 1. The summed E-state index contributed by atoms with van der Waals surface area (Å²) < 4.78 is 12.3. The topological polar surface area (TPSA) is 105 Å². The van der Waals surface area contributed by atoms with Crippen LogP contribution in [-0.4, -0.2) is 58.2 Å². The average Bonchev–Trinajstić information content (AvgIpc) is 3.16. The van der Waals surface area contributed by atoms with E-state index in [1.54, 1.807) is 13.1 Å². The Labute approximate surface area is 258 Å². The van der Waals surface area contributed by atoms with E-state index in [0.29, 0.717) is 42.3 Å². The summed E-state index contributed by atoms with van der Waals surface area (Å²) in [5.74, 6) is 9.35. The van der Waals surface area contributed by atoms with Crippen LogP contribution in [0.1, 0.15) is 52.0 Å². The summed E-state index contributed by atoms with van der Waals surface area (Å²) in [4.78, 5) is 28.1. The third-order valence-electron chi connectivity index (χ3n) is 7.33. The maximum Gasteiger partial charge on any atom is 0.205 e. The number of allylic oxidation sites excluding steroid dienone is 1. The van der Waals surface area contributed by atoms with Crippen LogP contribution in [0.4, 0.5) is 17.3 Å². The highest BCUT2D eigenvalue weighted by Gasteiger charge is 2.24. The van der Waals surface area contributed by atoms with Gasteiger partial charge in [0.15, 0.2) is 17.4 Å². The molecule has 0 bridgehead atoms. The third kappa shape index (κ3) is 7.72. The van der Waals surface area contributed by atoms with Gasteiger partial charge in [0.25, 0.3) is 0 Å². The minimum absolute atomic E-state index is 0.00781. The quantitative estimate of drug-likeness (QED) is 0.121. The number of carbonyl (C=O) groups is 1. The van der Waals surface area contributed by atoms with Gasteiger partial charge in [-0.25, -0.2) is 15.0 Å². The maximum absolute atomic E-state index is 11.7. The summed E-state index contributed by atoms with van der Waals surface area (Å²) in [5.41, 5.74) is 3.23. The van der Waals surface area contributed by atoms with E-state index in [1.807, 2.05) is 61.5 Å². The lowest BCUT2D eigenvalue weighted by Gasteiger charge is -2.24. The van der Waals surface area contributed by atoms with Crippen LogP contribution in [0.25, 0.3) is 11.0 Å². The lowest BCUT2D eigenvalue weighted by molar-refractivity contribution is -0.113. The maximum atomic E-state index is 11.7. The number of ether oxygens (including phenoxy) is 2. The Kier molecular flexibility index (Phi) is 10.1. The van der Waals surface area contributed by atoms with Gasteiger partial charge in [-0.2, -0.15) is 5.10 Å². The molecular formula is C34H39N7O3. The van der Waals surface area contributed by atoms with Crippen LogP contribution in [0.3, 0.4) is 0 Å². The van der Waals surface area contributed by atoms with Crippen molar-refractivity contribution in [3.05, 3.63) is 60.3 Å². The van der Waals surface area contributed by atoms with Crippen molar-refractivity contribution in [1.29, 1.82) is 0 Å². The molecule has 0 saturated carbocycles. The number of aryl methyl sites for hydroxylation is 1. The molecule has 1 unspecified atom stereocenters. The molecule has 4 heterocycles. The second-order valence-corrected chi connectivity index (χ2v) is 11.0. The van der Waals surface area contributed by atoms with E-state index in [4.69, 9.17) is 14.5 Å². The van der Waals surface area contributed by atoms with Crippen molar-refractivity contribution in [2.75, 3.05) is 36.5 Å². The molecule has 2 aromatic heterocycles. The third-order valence-corrected chi connectivity index (χ3v) is 7.33. The standard InChI is InChI=1S/C34H39N7O3/c1-5-10-27(42)11-8-7-9-16-40-21-24(3)22-43-31-20-29-32(39-34(31)40)33(36-23-35-29)38-26-12-13-30(25(4)19-26)44-28-14-17-41(18-15-28)37-6-2/h6,12-15,17,19-20,23-24H,7-9,11,16,18,21-22H2,1-4H3,(H,35,36,38)/b37-6-. The number of rotatable bonds is 11. The van der Waals surface area contributed by atoms with Crippen LogP contribution in [0.5, 0.6) is 11.5 Å². The largest absolute Gasteiger partial charge is 0.489 e. The van der Waals surface area contributed by atoms with Crippen molar-refractivity contribution >= 4 is 40.4 Å². The number of aromatic nitrogens is 3. The summed E-state index contributed by atoms with van der Waals surface area (Å²) in [6, 6.07) is 7.90. The fraction of sp³-hybridized carbons (Fsp3) is 0.382. The Morgan fingerprint density at radius 2 is 2.14 bits per heavy atom. The summed E-state index contributed by atoms with van der Waals surface area (Å²) in [7, 11) is 0. The van der Waals surface area contributed by atoms with Crippen LogP contribution in [0, 0.1) is 24.7 Å². The normalized spacial score (nSPS) is 16.1. The molecule has 5 rings (SSSR count). The highest BCUT2D eigenvalue weighted by atomic mass is 16.5. The Hall–Kier alpha value is -4.91. The fourth-order valence-corrected chi connectivity index (χ4v) is 5.18. The SMILES string of the molecule is CC#CC(=O)CCCCCN1CC(C)COc2cc3ncnc(Nc4ccc(OC5=CCN(/N=C\C)C=C5)c(C)c4)c3nc21. The Balaban J connectivity index is 1.31. The Bertz CT molecular complexity index is 1650. The van der Waals surface area contributed by atoms with E-state index in [9.17, 15) is 4.79 Å². The predicted molar refractivity (Wildman–Crippen MR) is 174 cm³/mol. The fourth-order valence-electron chi connectivity index (χ4n) is 5.18. The summed E-state index contributed by atoms with van der Waals surface area (Å²) in [6.45, 7) is 10.7. The Morgan fingerprint density at radius 1 is 1.25 bits per heavy atom. The van der Waals surface area contributed by atoms with Gasteiger partial charge in [-0.15, -0.1) is 0 Å². The first kappa shape index (κ1) is 30.5. The summed E-state index contributed by atoms with van der Waals surface area (Å²) in [5, 5.41) is 9.54. The number of carbonyl (C=O) groups excluding carboxylic acids is 1. The van der Waals surface area contributed by atoms with Crippen molar-refractivity contribution in [1.82, 2.24) is 20.0 Å². The number of hydrogen-bond donors (Lipinski definition) is 1. The zero-order valence-electron chi connectivity index (χ0n) is 25.8. The van der Waals surface area contributed by atoms with Gasteiger partial charge < -0.3 is 19.7 Å². The highest BCUT2D eigenvalue weighted by Crippen LogP contribution is 2.35. The van der Waals surface area contributed by atoms with Gasteiger partial charge in [0.05, 0.1) is 18.7 Å². The van der Waals surface area contributed by atoms with Gasteiger partial charge in [-0.05, 0) is 75.4 Å². The smallest absolute Gasteiger partial charge is 0.205 e. The van der Waals surface area contributed by atoms with Crippen molar-refractivity contribution < 1.29 is 14.3 Å². The van der Waals surface area contributed by atoms with Gasteiger partial charge in [-0.1, -0.05) is 19.3 Å². The minimum atomic E-state index is 0.00781. The molecule has 3 aromatic rings. The number of benzene rings is 1. The average molecular weight is 594 g/mol. The first-order valence-electron chi connectivity index (χ1n) is 15.1. The molecule has 0 saturated heterocycles. The molecular weight excluding hydrogens is 554 g/mol. The second-order valence-electron chi connectivity index (χ2n) is 11.0. The van der Waals surface area contributed by atoms with Gasteiger partial charge in [0, 0.05) is 49.6 Å². The molecule has 0 aliphatic carbocycles. The molecule has 44 heavy (non-hydrogen) atoms. The molecule has 1 aromatic carbocycles. The zero-order valence-corrected chi connectivity index (χ0v) is 25.8. The molecule has 228 valence electrons. The number of hydrogen-bond acceptors (Lipinski definition) is 10. The molecule has 10 heteroatoms. The van der Waals surface area contributed by atoms with Crippen LogP contribution < -0.4 is 19.7 Å². The van der Waals surface area contributed by atoms with Gasteiger partial charge in [0.1, 0.15) is 23.4 Å². The number of hydrazone groups is 1. The van der Waals surface area contributed by atoms with Gasteiger partial charge >= 0.3 is 0 Å². The second kappa shape index (κ2) is 14.5. The minimum Gasteiger partial charge on any atom is -0.489 e. The lowest BCUT2D eigenvalue weighted by atomic mass is 10.1. The van der Waals surface area contributed by atoms with E-state index in [-0.39, 0.29) is 5.78 Å². The van der Waals surface area contributed by atoms with E-state index in [1.165, 1.54) is 6.33 Å². The molecule has 0 fully saturated rings. The van der Waals surface area contributed by atoms with E-state index in [0.717, 1.165) is 66.7 Å². The van der Waals surface area contributed by atoms with Crippen molar-refractivity contribution in [3.63, 3.8) is 0 Å². The molecule has 1 atom stereocenters. The van der Waals surface area contributed by atoms with Crippen molar-refractivity contribution in [3.8, 4) is 23.3 Å². The molecule has 0 radical (unpaired) electrons. The summed E-state index contributed by atoms with van der Waals surface area (Å²) in [6.07, 6.45) is 12.3. The number of nitrogens with zero attached hydrogens (tertiary/aromatic N) is 6. The number of anilines is 3. The van der Waals surface area contributed by atoms with Gasteiger partial charge in [0.2, 0.25) is 5.78 Å². The molecule has 1 N–H and O–H groups in total. The van der Waals surface area contributed by atoms with Crippen molar-refractivity contribution in [2.24, 2.45) is 11.0 Å².